The van der Waals surface area contributed by atoms with E-state index in [1.54, 1.807) is 23.4 Å². The van der Waals surface area contributed by atoms with E-state index in [0.29, 0.717) is 0 Å². The fraction of sp³-hybridized carbons (Fsp3) is 1.00. The largest absolute Gasteiger partial charge is 0.258 e. The summed E-state index contributed by atoms with van der Waals surface area (Å²) >= 11 is -0.197. The second-order valence-corrected chi connectivity index (χ2v) is 7.17. The van der Waals surface area contributed by atoms with Gasteiger partial charge in [0.2, 0.25) is 0 Å². The second kappa shape index (κ2) is 5.22. The second-order valence-electron chi connectivity index (χ2n) is 3.80. The van der Waals surface area contributed by atoms with Crippen molar-refractivity contribution in [3.63, 3.8) is 0 Å². The van der Waals surface area contributed by atoms with E-state index >= 15 is 0 Å². The maximum absolute atomic E-state index is 2.55. The van der Waals surface area contributed by atoms with Crippen molar-refractivity contribution in [3.8, 4) is 0 Å². The number of hydrogen-bond donors (Lipinski definition) is 0. The lowest BCUT2D eigenvalue weighted by Gasteiger charge is -2.00. The Morgan fingerprint density at radius 2 is 1.10 bits per heavy atom. The quantitative estimate of drug-likeness (QED) is 0.469. The van der Waals surface area contributed by atoms with Crippen LogP contribution < -0.4 is 0 Å². The van der Waals surface area contributed by atoms with Crippen LogP contribution in [0.25, 0.3) is 0 Å². The number of rotatable bonds is 0. The Morgan fingerprint density at radius 3 is 1.60 bits per heavy atom. The molecule has 58 valence electrons. The maximum Gasteiger partial charge on any atom is 0.258 e. The van der Waals surface area contributed by atoms with Gasteiger partial charge in [0.1, 0.15) is 0 Å². The Labute approximate surface area is 69.4 Å². The van der Waals surface area contributed by atoms with Gasteiger partial charge in [-0.05, 0) is 0 Å². The summed E-state index contributed by atoms with van der Waals surface area (Å²) in [5, 5.41) is 3.25. The van der Waals surface area contributed by atoms with Gasteiger partial charge in [0.25, 0.3) is 14.1 Å². The minimum absolute atomic E-state index is 0.197. The molecule has 0 aromatic rings. The fourth-order valence-electron chi connectivity index (χ4n) is 1.84. The highest BCUT2D eigenvalue weighted by Gasteiger charge is 2.10. The SMILES string of the molecule is [CH3][Al]1[CH2]CCCCCC[CH2]1. The minimum Gasteiger partial charge on any atom is -0.106 e. The molecule has 0 aromatic carbocycles. The molecule has 0 bridgehead atoms. The molecule has 0 nitrogen and oxygen atoms in total. The Morgan fingerprint density at radius 1 is 0.700 bits per heavy atom. The first-order valence-electron chi connectivity index (χ1n) is 4.89. The molecule has 1 fully saturated rings. The van der Waals surface area contributed by atoms with Gasteiger partial charge in [0.15, 0.2) is 0 Å². The van der Waals surface area contributed by atoms with Crippen LogP contribution in [-0.2, 0) is 0 Å². The summed E-state index contributed by atoms with van der Waals surface area (Å²) in [4.78, 5) is 0. The topological polar surface area (TPSA) is 0 Å². The Balaban J connectivity index is 2.15. The van der Waals surface area contributed by atoms with Crippen LogP contribution in [0.5, 0.6) is 0 Å². The predicted octanol–water partition coefficient (Wildman–Crippen LogP) is 3.47. The molecule has 0 spiro atoms. The van der Waals surface area contributed by atoms with Crippen LogP contribution >= 0.6 is 0 Å². The molecule has 0 aliphatic carbocycles. The van der Waals surface area contributed by atoms with Crippen molar-refractivity contribution in [2.24, 2.45) is 0 Å². The smallest absolute Gasteiger partial charge is 0.106 e. The lowest BCUT2D eigenvalue weighted by Crippen LogP contribution is -2.04. The van der Waals surface area contributed by atoms with Crippen LogP contribution in [-0.4, -0.2) is 14.1 Å². The van der Waals surface area contributed by atoms with Crippen LogP contribution in [0.1, 0.15) is 38.5 Å². The minimum atomic E-state index is -0.197. The van der Waals surface area contributed by atoms with Gasteiger partial charge < -0.3 is 0 Å². The molecule has 1 heteroatoms. The van der Waals surface area contributed by atoms with Crippen molar-refractivity contribution >= 4 is 14.1 Å². The molecule has 0 N–H and O–H groups in total. The van der Waals surface area contributed by atoms with Crippen molar-refractivity contribution in [2.45, 2.75) is 54.9 Å². The fourth-order valence-corrected chi connectivity index (χ4v) is 4.10. The maximum atomic E-state index is 2.55. The predicted molar refractivity (Wildman–Crippen MR) is 48.9 cm³/mol. The normalized spacial score (nSPS) is 23.1. The van der Waals surface area contributed by atoms with E-state index in [2.05, 4.69) is 5.79 Å². The van der Waals surface area contributed by atoms with Gasteiger partial charge in [-0.3, -0.25) is 0 Å². The molecule has 0 unspecified atom stereocenters. The molecule has 1 saturated heterocycles. The standard InChI is InChI=1S/C8H16.CH3.Al/c1-3-5-7-8-6-4-2;;/h1-8H2;1H3;. The summed E-state index contributed by atoms with van der Waals surface area (Å²) in [6, 6.07) is 0. The third-order valence-electron chi connectivity index (χ3n) is 2.64. The molecular formula is C9H19Al. The van der Waals surface area contributed by atoms with Crippen LogP contribution in [0.3, 0.4) is 0 Å². The highest BCUT2D eigenvalue weighted by molar-refractivity contribution is 6.57. The van der Waals surface area contributed by atoms with E-state index in [-0.39, 0.29) is 14.1 Å². The third-order valence-corrected chi connectivity index (χ3v) is 5.43. The van der Waals surface area contributed by atoms with E-state index in [1.807, 2.05) is 0 Å². The van der Waals surface area contributed by atoms with Gasteiger partial charge in [-0.2, -0.15) is 0 Å². The molecule has 0 amide bonds. The Kier molecular flexibility index (Phi) is 4.50. The van der Waals surface area contributed by atoms with Crippen LogP contribution in [0.15, 0.2) is 0 Å². The summed E-state index contributed by atoms with van der Waals surface area (Å²) < 4.78 is 0. The zero-order valence-electron chi connectivity index (χ0n) is 7.23. The van der Waals surface area contributed by atoms with Crippen LogP contribution in [0.4, 0.5) is 0 Å². The summed E-state index contributed by atoms with van der Waals surface area (Å²) in [5.41, 5.74) is 0. The van der Waals surface area contributed by atoms with E-state index in [1.165, 1.54) is 25.7 Å². The van der Waals surface area contributed by atoms with Gasteiger partial charge >= 0.3 is 0 Å². The molecule has 0 atom stereocenters. The Bertz CT molecular complexity index is 70.8. The summed E-state index contributed by atoms with van der Waals surface area (Å²) in [7, 11) is 0. The first-order chi connectivity index (χ1) is 4.89. The van der Waals surface area contributed by atoms with Crippen LogP contribution in [0, 0.1) is 0 Å². The van der Waals surface area contributed by atoms with E-state index in [9.17, 15) is 0 Å². The van der Waals surface area contributed by atoms with Crippen molar-refractivity contribution < 1.29 is 0 Å². The van der Waals surface area contributed by atoms with Crippen molar-refractivity contribution in [1.82, 2.24) is 0 Å². The molecule has 0 aromatic heterocycles. The lowest BCUT2D eigenvalue weighted by molar-refractivity contribution is 0.633. The highest BCUT2D eigenvalue weighted by atomic mass is 27.2. The van der Waals surface area contributed by atoms with Gasteiger partial charge in [0.05, 0.1) is 0 Å². The summed E-state index contributed by atoms with van der Waals surface area (Å²) in [5.74, 6) is 2.55. The molecule has 1 heterocycles. The van der Waals surface area contributed by atoms with Crippen LogP contribution in [0.2, 0.25) is 16.4 Å². The average molecular weight is 154 g/mol. The molecule has 1 aliphatic heterocycles. The van der Waals surface area contributed by atoms with Crippen molar-refractivity contribution in [1.29, 1.82) is 0 Å². The third kappa shape index (κ3) is 3.64. The molecule has 10 heavy (non-hydrogen) atoms. The van der Waals surface area contributed by atoms with Crippen molar-refractivity contribution in [3.05, 3.63) is 0 Å². The monoisotopic (exact) mass is 154 g/mol. The molecule has 1 aliphatic rings. The van der Waals surface area contributed by atoms with E-state index < -0.39 is 0 Å². The summed E-state index contributed by atoms with van der Waals surface area (Å²) in [6.45, 7) is 0. The molecule has 0 saturated carbocycles. The lowest BCUT2D eigenvalue weighted by atomic mass is 10.1. The molecule has 1 rings (SSSR count). The zero-order chi connectivity index (χ0) is 7.23. The molecule has 0 radical (unpaired) electrons. The first-order valence-corrected chi connectivity index (χ1v) is 7.68. The molecular weight excluding hydrogens is 135 g/mol. The Hall–Kier alpha value is 0.532. The number of hydrogen-bond acceptors (Lipinski definition) is 0. The summed E-state index contributed by atoms with van der Waals surface area (Å²) in [6.07, 6.45) is 9.18. The van der Waals surface area contributed by atoms with E-state index in [0.717, 1.165) is 0 Å². The van der Waals surface area contributed by atoms with Gasteiger partial charge in [0, 0.05) is 0 Å². The first kappa shape index (κ1) is 8.63. The highest BCUT2D eigenvalue weighted by Crippen LogP contribution is 2.17. The van der Waals surface area contributed by atoms with Gasteiger partial charge in [-0.25, -0.2) is 0 Å². The van der Waals surface area contributed by atoms with E-state index in [4.69, 9.17) is 0 Å². The van der Waals surface area contributed by atoms with Gasteiger partial charge in [-0.15, -0.1) is 5.79 Å². The van der Waals surface area contributed by atoms with Gasteiger partial charge in [-0.1, -0.05) is 49.1 Å². The average Bonchev–Trinajstić information content (AvgIpc) is 2.02. The van der Waals surface area contributed by atoms with Crippen molar-refractivity contribution in [2.75, 3.05) is 0 Å². The zero-order valence-corrected chi connectivity index (χ0v) is 8.39.